The lowest BCUT2D eigenvalue weighted by atomic mass is 10.3. The highest BCUT2D eigenvalue weighted by Gasteiger charge is 2.42. The molecule has 1 heterocycles. The predicted octanol–water partition coefficient (Wildman–Crippen LogP) is -0.969. The van der Waals surface area contributed by atoms with Gasteiger partial charge in [-0.3, -0.25) is 13.9 Å². The Hall–Kier alpha value is -0.750. The largest absolute Gasteiger partial charge is 0.398 e. The fourth-order valence-corrected chi connectivity index (χ4v) is 3.21. The van der Waals surface area contributed by atoms with E-state index in [9.17, 15) is 21.6 Å². The highest BCUT2D eigenvalue weighted by atomic mass is 32.3. The molecule has 0 radical (unpaired) electrons. The van der Waals surface area contributed by atoms with Crippen molar-refractivity contribution in [3.8, 4) is 0 Å². The quantitative estimate of drug-likeness (QED) is 0.619. The molecule has 0 bridgehead atoms. The molecule has 0 aliphatic carbocycles. The Bertz CT molecular complexity index is 524. The predicted molar refractivity (Wildman–Crippen MR) is 58.4 cm³/mol. The molecule has 2 unspecified atom stereocenters. The van der Waals surface area contributed by atoms with Gasteiger partial charge in [0.25, 0.3) is 16.0 Å². The molecule has 106 valence electrons. The second-order valence-corrected chi connectivity index (χ2v) is 6.33. The maximum atomic E-state index is 11.7. The van der Waals surface area contributed by atoms with E-state index in [2.05, 4.69) is 4.18 Å². The topological polar surface area (TPSA) is 138 Å². The van der Waals surface area contributed by atoms with Crippen molar-refractivity contribution in [1.29, 1.82) is 0 Å². The smallest absolute Gasteiger partial charge is 0.321 e. The van der Waals surface area contributed by atoms with Crippen LogP contribution >= 0.6 is 0 Å². The van der Waals surface area contributed by atoms with Crippen LogP contribution in [0.25, 0.3) is 0 Å². The summed E-state index contributed by atoms with van der Waals surface area (Å²) >= 11 is 0. The minimum Gasteiger partial charge on any atom is -0.321 e. The van der Waals surface area contributed by atoms with Gasteiger partial charge in [-0.15, -0.1) is 0 Å². The maximum Gasteiger partial charge on any atom is 0.398 e. The summed E-state index contributed by atoms with van der Waals surface area (Å²) in [7, 11) is -9.25. The summed E-state index contributed by atoms with van der Waals surface area (Å²) in [5.74, 6) is -0.905. The van der Waals surface area contributed by atoms with Crippen molar-refractivity contribution in [3.63, 3.8) is 0 Å². The molecule has 1 rings (SSSR count). The first-order valence-corrected chi connectivity index (χ1v) is 7.85. The molecule has 18 heavy (non-hydrogen) atoms. The summed E-state index contributed by atoms with van der Waals surface area (Å²) < 4.78 is 64.5. The molecular weight excluding hydrogens is 290 g/mol. The fraction of sp³-hybridized carbons (Fsp3) is 0.857. The van der Waals surface area contributed by atoms with Crippen molar-refractivity contribution < 1.29 is 34.9 Å². The monoisotopic (exact) mass is 303 g/mol. The third kappa shape index (κ3) is 3.62. The summed E-state index contributed by atoms with van der Waals surface area (Å²) in [5, 5.41) is -1.44. The molecule has 1 aliphatic heterocycles. The van der Waals surface area contributed by atoms with E-state index < -0.39 is 37.9 Å². The fourth-order valence-electron chi connectivity index (χ4n) is 1.79. The standard InChI is InChI=1S/C7H13NO8S2/c1-2-6(17(10,11)12)8-4-3-5(7(8)9)16-18(13,14)15/h5-6H,2-4H2,1H3,(H,10,11,12)(H,13,14,15). The number of amides is 1. The van der Waals surface area contributed by atoms with Crippen LogP contribution in [0.1, 0.15) is 19.8 Å². The zero-order valence-electron chi connectivity index (χ0n) is 9.38. The maximum absolute atomic E-state index is 11.7. The normalized spacial score (nSPS) is 23.4. The molecule has 2 atom stereocenters. The molecule has 11 heteroatoms. The second-order valence-electron chi connectivity index (χ2n) is 3.71. The highest BCUT2D eigenvalue weighted by Crippen LogP contribution is 2.22. The third-order valence-electron chi connectivity index (χ3n) is 2.47. The zero-order chi connectivity index (χ0) is 14.1. The van der Waals surface area contributed by atoms with Gasteiger partial charge in [0.1, 0.15) is 0 Å². The van der Waals surface area contributed by atoms with Crippen LogP contribution in [0, 0.1) is 0 Å². The first-order chi connectivity index (χ1) is 8.06. The molecule has 1 aliphatic rings. The minimum absolute atomic E-state index is 0.0524. The molecule has 0 aromatic carbocycles. The van der Waals surface area contributed by atoms with Crippen molar-refractivity contribution in [2.24, 2.45) is 0 Å². The minimum atomic E-state index is -4.79. The van der Waals surface area contributed by atoms with Crippen LogP contribution in [0.15, 0.2) is 0 Å². The first kappa shape index (κ1) is 15.3. The third-order valence-corrected chi connectivity index (χ3v) is 4.22. The van der Waals surface area contributed by atoms with Gasteiger partial charge < -0.3 is 4.90 Å². The number of carbonyl (C=O) groups excluding carboxylic acids is 1. The SMILES string of the molecule is CCC(N1CCC(OS(=O)(=O)O)C1=O)S(=O)(=O)O. The lowest BCUT2D eigenvalue weighted by Gasteiger charge is -2.23. The van der Waals surface area contributed by atoms with Crippen molar-refractivity contribution in [1.82, 2.24) is 4.90 Å². The van der Waals surface area contributed by atoms with Gasteiger partial charge in [-0.2, -0.15) is 16.8 Å². The van der Waals surface area contributed by atoms with Crippen molar-refractivity contribution >= 4 is 26.4 Å². The molecule has 0 aromatic rings. The summed E-state index contributed by atoms with van der Waals surface area (Å²) in [4.78, 5) is 12.5. The number of likely N-dealkylation sites (tertiary alicyclic amines) is 1. The van der Waals surface area contributed by atoms with Crippen LogP contribution in [0.4, 0.5) is 0 Å². The van der Waals surface area contributed by atoms with Gasteiger partial charge >= 0.3 is 10.4 Å². The van der Waals surface area contributed by atoms with E-state index in [0.29, 0.717) is 0 Å². The Morgan fingerprint density at radius 3 is 2.33 bits per heavy atom. The Morgan fingerprint density at radius 2 is 1.94 bits per heavy atom. The number of nitrogens with zero attached hydrogens (tertiary/aromatic N) is 1. The van der Waals surface area contributed by atoms with Crippen molar-refractivity contribution in [3.05, 3.63) is 0 Å². The van der Waals surface area contributed by atoms with Crippen LogP contribution in [0.3, 0.4) is 0 Å². The Balaban J connectivity index is 2.88. The molecule has 1 saturated heterocycles. The van der Waals surface area contributed by atoms with E-state index in [4.69, 9.17) is 9.11 Å². The van der Waals surface area contributed by atoms with Gasteiger partial charge in [-0.1, -0.05) is 6.92 Å². The number of carbonyl (C=O) groups is 1. The summed E-state index contributed by atoms with van der Waals surface area (Å²) in [5.41, 5.74) is 0. The summed E-state index contributed by atoms with van der Waals surface area (Å²) in [6.45, 7) is 1.36. The first-order valence-electron chi connectivity index (χ1n) is 4.98. The molecule has 0 saturated carbocycles. The van der Waals surface area contributed by atoms with Crippen molar-refractivity contribution in [2.45, 2.75) is 31.2 Å². The van der Waals surface area contributed by atoms with E-state index in [1.165, 1.54) is 6.92 Å². The van der Waals surface area contributed by atoms with E-state index in [0.717, 1.165) is 4.90 Å². The molecular formula is C7H13NO8S2. The number of hydrogen-bond acceptors (Lipinski definition) is 6. The van der Waals surface area contributed by atoms with Gasteiger partial charge in [0.05, 0.1) is 0 Å². The van der Waals surface area contributed by atoms with Gasteiger partial charge in [0.2, 0.25) is 0 Å². The van der Waals surface area contributed by atoms with Crippen LogP contribution in [-0.4, -0.2) is 54.8 Å². The van der Waals surface area contributed by atoms with Gasteiger partial charge in [0, 0.05) is 13.0 Å². The van der Waals surface area contributed by atoms with Crippen LogP contribution in [0.5, 0.6) is 0 Å². The lowest BCUT2D eigenvalue weighted by Crippen LogP contribution is -2.43. The van der Waals surface area contributed by atoms with Gasteiger partial charge in [-0.25, -0.2) is 4.18 Å². The molecule has 0 spiro atoms. The average molecular weight is 303 g/mol. The number of rotatable bonds is 5. The molecule has 1 amide bonds. The van der Waals surface area contributed by atoms with Gasteiger partial charge in [-0.05, 0) is 6.42 Å². The van der Waals surface area contributed by atoms with E-state index >= 15 is 0 Å². The Labute approximate surface area is 104 Å². The number of hydrogen-bond donors (Lipinski definition) is 2. The molecule has 9 nitrogen and oxygen atoms in total. The van der Waals surface area contributed by atoms with E-state index in [-0.39, 0.29) is 19.4 Å². The molecule has 1 fully saturated rings. The zero-order valence-corrected chi connectivity index (χ0v) is 11.0. The summed E-state index contributed by atoms with van der Waals surface area (Å²) in [6, 6.07) is 0. The Kier molecular flexibility index (Phi) is 4.33. The Morgan fingerprint density at radius 1 is 1.39 bits per heavy atom. The van der Waals surface area contributed by atoms with Crippen LogP contribution in [-0.2, 0) is 29.5 Å². The van der Waals surface area contributed by atoms with Crippen LogP contribution < -0.4 is 0 Å². The van der Waals surface area contributed by atoms with Crippen molar-refractivity contribution in [2.75, 3.05) is 6.54 Å². The van der Waals surface area contributed by atoms with Crippen LogP contribution in [0.2, 0.25) is 0 Å². The summed E-state index contributed by atoms with van der Waals surface area (Å²) in [6.07, 6.45) is -1.61. The molecule has 0 aromatic heterocycles. The van der Waals surface area contributed by atoms with E-state index in [1.54, 1.807) is 0 Å². The second kappa shape index (κ2) is 5.09. The molecule has 2 N–H and O–H groups in total. The lowest BCUT2D eigenvalue weighted by molar-refractivity contribution is -0.134. The highest BCUT2D eigenvalue weighted by molar-refractivity contribution is 7.86. The van der Waals surface area contributed by atoms with Gasteiger partial charge in [0.15, 0.2) is 11.5 Å². The average Bonchev–Trinajstić information content (AvgIpc) is 2.46. The van der Waals surface area contributed by atoms with E-state index in [1.807, 2.05) is 0 Å².